The Labute approximate surface area is 155 Å². The molecule has 0 bridgehead atoms. The number of alkyl halides is 3. The lowest BCUT2D eigenvalue weighted by molar-refractivity contribution is -0.140. The predicted molar refractivity (Wildman–Crippen MR) is 91.8 cm³/mol. The first-order valence-corrected chi connectivity index (χ1v) is 7.89. The molecule has 0 saturated carbocycles. The summed E-state index contributed by atoms with van der Waals surface area (Å²) < 4.78 is 52.5. The molecule has 2 heterocycles. The highest BCUT2D eigenvalue weighted by atomic mass is 19.4. The number of benzene rings is 1. The summed E-state index contributed by atoms with van der Waals surface area (Å²) in [7, 11) is 0. The number of carbonyl (C=O) groups is 1. The first-order chi connectivity index (χ1) is 13.2. The molecule has 1 N–H and O–H groups in total. The Morgan fingerprint density at radius 3 is 2.46 bits per heavy atom. The number of amides is 1. The van der Waals surface area contributed by atoms with Crippen molar-refractivity contribution in [2.45, 2.75) is 12.7 Å². The van der Waals surface area contributed by atoms with Crippen LogP contribution in [-0.4, -0.2) is 20.7 Å². The maximum atomic E-state index is 13.3. The third-order valence-electron chi connectivity index (χ3n) is 3.69. The predicted octanol–water partition coefficient (Wildman–Crippen LogP) is 3.10. The van der Waals surface area contributed by atoms with E-state index in [0.717, 1.165) is 10.7 Å². The Bertz CT molecular complexity index is 1070. The van der Waals surface area contributed by atoms with Gasteiger partial charge in [0.2, 0.25) is 5.91 Å². The molecular formula is C18H12F4N4O2. The van der Waals surface area contributed by atoms with Crippen LogP contribution in [0.2, 0.25) is 0 Å². The van der Waals surface area contributed by atoms with Gasteiger partial charge in [-0.15, -0.1) is 0 Å². The fraction of sp³-hybridized carbons (Fsp3) is 0.111. The molecule has 2 aromatic heterocycles. The van der Waals surface area contributed by atoms with Crippen molar-refractivity contribution in [3.63, 3.8) is 0 Å². The smallest absolute Gasteiger partial charge is 0.324 e. The number of aromatic nitrogens is 3. The zero-order valence-electron chi connectivity index (χ0n) is 14.1. The van der Waals surface area contributed by atoms with Gasteiger partial charge < -0.3 is 5.32 Å². The van der Waals surface area contributed by atoms with Crippen LogP contribution in [-0.2, 0) is 17.5 Å². The third kappa shape index (κ3) is 4.40. The number of hydrogen-bond acceptors (Lipinski definition) is 4. The molecule has 0 spiro atoms. The summed E-state index contributed by atoms with van der Waals surface area (Å²) in [5.74, 6) is -2.24. The Balaban J connectivity index is 1.80. The summed E-state index contributed by atoms with van der Waals surface area (Å²) >= 11 is 0. The van der Waals surface area contributed by atoms with Gasteiger partial charge in [0.25, 0.3) is 5.56 Å². The number of nitrogens with one attached hydrogen (secondary N) is 1. The molecule has 0 saturated heterocycles. The van der Waals surface area contributed by atoms with Crippen molar-refractivity contribution in [2.75, 3.05) is 5.32 Å². The molecule has 0 aliphatic carbocycles. The minimum Gasteiger partial charge on any atom is -0.324 e. The summed E-state index contributed by atoms with van der Waals surface area (Å²) in [5, 5.41) is 6.27. The van der Waals surface area contributed by atoms with Crippen LogP contribution in [0.4, 0.5) is 23.2 Å². The maximum absolute atomic E-state index is 13.3. The van der Waals surface area contributed by atoms with Gasteiger partial charge in [-0.05, 0) is 36.4 Å². The van der Waals surface area contributed by atoms with Crippen molar-refractivity contribution in [3.05, 3.63) is 76.6 Å². The highest BCUT2D eigenvalue weighted by Crippen LogP contribution is 2.32. The van der Waals surface area contributed by atoms with Gasteiger partial charge in [-0.1, -0.05) is 0 Å². The van der Waals surface area contributed by atoms with Crippen molar-refractivity contribution >= 4 is 11.6 Å². The van der Waals surface area contributed by atoms with Crippen LogP contribution in [0.5, 0.6) is 0 Å². The van der Waals surface area contributed by atoms with E-state index in [1.54, 1.807) is 12.1 Å². The van der Waals surface area contributed by atoms with Gasteiger partial charge in [-0.2, -0.15) is 18.3 Å². The zero-order valence-corrected chi connectivity index (χ0v) is 14.1. The lowest BCUT2D eigenvalue weighted by Crippen LogP contribution is -2.29. The van der Waals surface area contributed by atoms with E-state index in [0.29, 0.717) is 23.4 Å². The number of hydrogen-bond donors (Lipinski definition) is 1. The average molecular weight is 392 g/mol. The second-order valence-corrected chi connectivity index (χ2v) is 5.69. The maximum Gasteiger partial charge on any atom is 0.419 e. The molecule has 0 unspecified atom stereocenters. The van der Waals surface area contributed by atoms with Gasteiger partial charge in [0.15, 0.2) is 0 Å². The van der Waals surface area contributed by atoms with Crippen LogP contribution in [0.1, 0.15) is 5.56 Å². The van der Waals surface area contributed by atoms with Crippen molar-refractivity contribution in [3.8, 4) is 11.3 Å². The molecule has 28 heavy (non-hydrogen) atoms. The lowest BCUT2D eigenvalue weighted by Gasteiger charge is -2.11. The molecule has 6 nitrogen and oxygen atoms in total. The van der Waals surface area contributed by atoms with E-state index < -0.39 is 35.6 Å². The van der Waals surface area contributed by atoms with Crippen molar-refractivity contribution in [1.82, 2.24) is 14.8 Å². The molecular weight excluding hydrogens is 380 g/mol. The van der Waals surface area contributed by atoms with Gasteiger partial charge >= 0.3 is 6.18 Å². The van der Waals surface area contributed by atoms with Crippen LogP contribution in [0.15, 0.2) is 59.7 Å². The fourth-order valence-corrected chi connectivity index (χ4v) is 2.40. The number of anilines is 1. The summed E-state index contributed by atoms with van der Waals surface area (Å²) in [6.45, 7) is -0.531. The standard InChI is InChI=1S/C18H12F4N4O2/c19-14-2-1-12(9-13(14)18(20,21)22)24-16(27)10-26-17(28)4-3-15(25-26)11-5-7-23-8-6-11/h1-9H,10H2,(H,24,27). The SMILES string of the molecule is O=C(Cn1nc(-c2ccncc2)ccc1=O)Nc1ccc(F)c(C(F)(F)F)c1. The molecule has 144 valence electrons. The molecule has 0 aliphatic heterocycles. The van der Waals surface area contributed by atoms with E-state index >= 15 is 0 Å². The average Bonchev–Trinajstić information content (AvgIpc) is 2.65. The summed E-state index contributed by atoms with van der Waals surface area (Å²) in [6.07, 6.45) is -1.83. The van der Waals surface area contributed by atoms with E-state index in [9.17, 15) is 27.2 Å². The van der Waals surface area contributed by atoms with Crippen LogP contribution in [0.25, 0.3) is 11.3 Å². The van der Waals surface area contributed by atoms with E-state index in [4.69, 9.17) is 0 Å². The minimum absolute atomic E-state index is 0.253. The van der Waals surface area contributed by atoms with E-state index in [1.165, 1.54) is 24.5 Å². The van der Waals surface area contributed by atoms with Crippen molar-refractivity contribution in [2.24, 2.45) is 0 Å². The lowest BCUT2D eigenvalue weighted by atomic mass is 10.2. The molecule has 1 aromatic carbocycles. The quantitative estimate of drug-likeness (QED) is 0.693. The van der Waals surface area contributed by atoms with Crippen LogP contribution < -0.4 is 10.9 Å². The molecule has 0 atom stereocenters. The van der Waals surface area contributed by atoms with Gasteiger partial charge in [-0.25, -0.2) is 9.07 Å². The van der Waals surface area contributed by atoms with Crippen LogP contribution in [0, 0.1) is 5.82 Å². The summed E-state index contributed by atoms with van der Waals surface area (Å²) in [6, 6.07) is 8.09. The second kappa shape index (κ2) is 7.59. The zero-order chi connectivity index (χ0) is 20.3. The molecule has 0 radical (unpaired) electrons. The van der Waals surface area contributed by atoms with E-state index in [2.05, 4.69) is 15.4 Å². The fourth-order valence-electron chi connectivity index (χ4n) is 2.40. The molecule has 0 aliphatic rings. The van der Waals surface area contributed by atoms with Crippen molar-refractivity contribution < 1.29 is 22.4 Å². The summed E-state index contributed by atoms with van der Waals surface area (Å²) in [5.41, 5.74) is -1.24. The molecule has 0 fully saturated rings. The monoisotopic (exact) mass is 392 g/mol. The van der Waals surface area contributed by atoms with Crippen LogP contribution in [0.3, 0.4) is 0 Å². The Kier molecular flexibility index (Phi) is 5.21. The highest BCUT2D eigenvalue weighted by molar-refractivity contribution is 5.90. The normalized spacial score (nSPS) is 11.3. The molecule has 3 rings (SSSR count). The Morgan fingerprint density at radius 1 is 1.07 bits per heavy atom. The van der Waals surface area contributed by atoms with Crippen LogP contribution >= 0.6 is 0 Å². The van der Waals surface area contributed by atoms with E-state index in [1.807, 2.05) is 0 Å². The minimum atomic E-state index is -4.90. The molecule has 1 amide bonds. The Morgan fingerprint density at radius 2 is 1.79 bits per heavy atom. The Hall–Kier alpha value is -3.56. The number of pyridine rings is 1. The van der Waals surface area contributed by atoms with Gasteiger partial charge in [0.1, 0.15) is 12.4 Å². The topological polar surface area (TPSA) is 76.9 Å². The first kappa shape index (κ1) is 19.2. The number of nitrogens with zero attached hydrogens (tertiary/aromatic N) is 3. The number of halogens is 4. The summed E-state index contributed by atoms with van der Waals surface area (Å²) in [4.78, 5) is 27.9. The highest BCUT2D eigenvalue weighted by Gasteiger charge is 2.34. The number of carbonyl (C=O) groups excluding carboxylic acids is 1. The van der Waals surface area contributed by atoms with Crippen molar-refractivity contribution in [1.29, 1.82) is 0 Å². The largest absolute Gasteiger partial charge is 0.419 e. The molecule has 10 heteroatoms. The molecule has 3 aromatic rings. The van der Waals surface area contributed by atoms with E-state index in [-0.39, 0.29) is 5.69 Å². The number of rotatable bonds is 4. The van der Waals surface area contributed by atoms with Gasteiger partial charge in [-0.3, -0.25) is 14.6 Å². The van der Waals surface area contributed by atoms with Gasteiger partial charge in [0, 0.05) is 29.7 Å². The first-order valence-electron chi connectivity index (χ1n) is 7.89. The third-order valence-corrected chi connectivity index (χ3v) is 3.69. The van der Waals surface area contributed by atoms with Gasteiger partial charge in [0.05, 0.1) is 11.3 Å². The second-order valence-electron chi connectivity index (χ2n) is 5.69.